The van der Waals surface area contributed by atoms with Crippen LogP contribution in [0, 0.1) is 0 Å². The number of aromatic nitrogens is 1. The average Bonchev–Trinajstić information content (AvgIpc) is 2.42. The summed E-state index contributed by atoms with van der Waals surface area (Å²) in [5.74, 6) is -0.151. The number of hydrogen-bond acceptors (Lipinski definition) is 6. The Balaban J connectivity index is 3.20. The van der Waals surface area contributed by atoms with Gasteiger partial charge in [0.15, 0.2) is 5.75 Å². The second-order valence-electron chi connectivity index (χ2n) is 3.76. The van der Waals surface area contributed by atoms with Crippen molar-refractivity contribution >= 4 is 17.3 Å². The summed E-state index contributed by atoms with van der Waals surface area (Å²) in [7, 11) is 2.73. The van der Waals surface area contributed by atoms with Crippen molar-refractivity contribution in [1.29, 1.82) is 0 Å². The highest BCUT2D eigenvalue weighted by molar-refractivity contribution is 6.16. The number of rotatable bonds is 5. The van der Waals surface area contributed by atoms with E-state index in [1.807, 2.05) is 0 Å². The minimum absolute atomic E-state index is 0.206. The van der Waals surface area contributed by atoms with Gasteiger partial charge in [0.1, 0.15) is 5.57 Å². The minimum Gasteiger partial charge on any atom is -0.503 e. The van der Waals surface area contributed by atoms with Crippen LogP contribution in [-0.4, -0.2) is 30.9 Å². The lowest BCUT2D eigenvalue weighted by Crippen LogP contribution is -2.06. The Morgan fingerprint density at radius 3 is 2.68 bits per heavy atom. The summed E-state index contributed by atoms with van der Waals surface area (Å²) in [6.07, 6.45) is 4.30. The molecule has 0 spiro atoms. The standard InChI is InChI=1S/C13H16N2O4/c1-9(2)15-19-12-5-6-14-7-10(12)11(8-17-3)13(16)18-4/h5-8H,1-4H3/b11-8-. The fourth-order valence-electron chi connectivity index (χ4n) is 1.25. The van der Waals surface area contributed by atoms with Gasteiger partial charge in [-0.25, -0.2) is 4.79 Å². The molecule has 1 heterocycles. The zero-order valence-electron chi connectivity index (χ0n) is 11.3. The van der Waals surface area contributed by atoms with Crippen molar-refractivity contribution in [3.8, 4) is 5.75 Å². The molecule has 0 atom stereocenters. The third-order valence-corrected chi connectivity index (χ3v) is 2.04. The Morgan fingerprint density at radius 2 is 2.11 bits per heavy atom. The van der Waals surface area contributed by atoms with Crippen LogP contribution in [0.2, 0.25) is 0 Å². The molecule has 0 radical (unpaired) electrons. The van der Waals surface area contributed by atoms with Crippen molar-refractivity contribution in [1.82, 2.24) is 4.98 Å². The fraction of sp³-hybridized carbons (Fsp3) is 0.308. The molecule has 1 rings (SSSR count). The third kappa shape index (κ3) is 4.09. The molecule has 0 amide bonds. The molecule has 0 aliphatic carbocycles. The maximum atomic E-state index is 11.7. The van der Waals surface area contributed by atoms with E-state index < -0.39 is 5.97 Å². The number of carbonyl (C=O) groups is 1. The number of nitrogens with zero attached hydrogens (tertiary/aromatic N) is 2. The molecule has 1 aromatic rings. The molecular formula is C13H16N2O4. The van der Waals surface area contributed by atoms with Crippen molar-refractivity contribution in [3.05, 3.63) is 30.3 Å². The first-order valence-electron chi connectivity index (χ1n) is 5.54. The van der Waals surface area contributed by atoms with Gasteiger partial charge >= 0.3 is 5.97 Å². The van der Waals surface area contributed by atoms with E-state index in [0.29, 0.717) is 11.3 Å². The van der Waals surface area contributed by atoms with Gasteiger partial charge in [-0.15, -0.1) is 0 Å². The molecule has 0 fully saturated rings. The van der Waals surface area contributed by atoms with E-state index in [2.05, 4.69) is 10.1 Å². The molecular weight excluding hydrogens is 248 g/mol. The quantitative estimate of drug-likeness (QED) is 0.267. The van der Waals surface area contributed by atoms with Gasteiger partial charge in [0.05, 0.1) is 31.8 Å². The summed E-state index contributed by atoms with van der Waals surface area (Å²) >= 11 is 0. The van der Waals surface area contributed by atoms with E-state index >= 15 is 0 Å². The second-order valence-corrected chi connectivity index (χ2v) is 3.76. The zero-order chi connectivity index (χ0) is 14.3. The Labute approximate surface area is 111 Å². The smallest absolute Gasteiger partial charge is 0.341 e. The fourth-order valence-corrected chi connectivity index (χ4v) is 1.25. The van der Waals surface area contributed by atoms with Gasteiger partial charge in [-0.05, 0) is 13.8 Å². The van der Waals surface area contributed by atoms with Gasteiger partial charge in [0, 0.05) is 18.5 Å². The van der Waals surface area contributed by atoms with Gasteiger partial charge in [-0.3, -0.25) is 4.98 Å². The monoisotopic (exact) mass is 264 g/mol. The van der Waals surface area contributed by atoms with Crippen LogP contribution in [0.5, 0.6) is 5.75 Å². The number of esters is 1. The lowest BCUT2D eigenvalue weighted by atomic mass is 10.1. The van der Waals surface area contributed by atoms with Crippen LogP contribution in [0.4, 0.5) is 0 Å². The van der Waals surface area contributed by atoms with Crippen LogP contribution in [-0.2, 0) is 14.3 Å². The predicted octanol–water partition coefficient (Wildman–Crippen LogP) is 2.02. The molecule has 0 aromatic carbocycles. The highest BCUT2D eigenvalue weighted by Crippen LogP contribution is 2.26. The summed E-state index contributed by atoms with van der Waals surface area (Å²) in [4.78, 5) is 20.9. The van der Waals surface area contributed by atoms with Crippen molar-refractivity contribution in [3.63, 3.8) is 0 Å². The Kier molecular flexibility index (Phi) is 5.53. The van der Waals surface area contributed by atoms with Crippen molar-refractivity contribution < 1.29 is 19.1 Å². The average molecular weight is 264 g/mol. The Morgan fingerprint density at radius 1 is 1.37 bits per heavy atom. The van der Waals surface area contributed by atoms with E-state index in [0.717, 1.165) is 5.71 Å². The zero-order valence-corrected chi connectivity index (χ0v) is 11.3. The lowest BCUT2D eigenvalue weighted by molar-refractivity contribution is -0.133. The first kappa shape index (κ1) is 14.7. The normalized spacial score (nSPS) is 10.6. The maximum absolute atomic E-state index is 11.7. The summed E-state index contributed by atoms with van der Waals surface area (Å²) in [6.45, 7) is 3.60. The van der Waals surface area contributed by atoms with Crippen LogP contribution in [0.25, 0.3) is 5.57 Å². The molecule has 6 nitrogen and oxygen atoms in total. The number of methoxy groups -OCH3 is 2. The molecule has 0 bridgehead atoms. The number of oxime groups is 1. The third-order valence-electron chi connectivity index (χ3n) is 2.04. The Bertz CT molecular complexity index is 505. The van der Waals surface area contributed by atoms with Gasteiger partial charge < -0.3 is 14.3 Å². The SMILES string of the molecule is CO/C=C(\C(=O)OC)c1cnccc1ON=C(C)C. The van der Waals surface area contributed by atoms with Crippen molar-refractivity contribution in [2.45, 2.75) is 13.8 Å². The largest absolute Gasteiger partial charge is 0.503 e. The molecule has 0 aliphatic rings. The van der Waals surface area contributed by atoms with E-state index in [1.54, 1.807) is 26.1 Å². The number of hydrogen-bond donors (Lipinski definition) is 0. The van der Waals surface area contributed by atoms with Gasteiger partial charge in [0.2, 0.25) is 0 Å². The van der Waals surface area contributed by atoms with E-state index in [4.69, 9.17) is 14.3 Å². The van der Waals surface area contributed by atoms with Crippen molar-refractivity contribution in [2.24, 2.45) is 5.16 Å². The summed E-state index contributed by atoms with van der Waals surface area (Å²) < 4.78 is 9.57. The van der Waals surface area contributed by atoms with Crippen LogP contribution in [0.15, 0.2) is 29.9 Å². The molecule has 6 heteroatoms. The summed E-state index contributed by atoms with van der Waals surface area (Å²) in [6, 6.07) is 1.61. The number of ether oxygens (including phenoxy) is 2. The molecule has 0 N–H and O–H groups in total. The van der Waals surface area contributed by atoms with E-state index in [9.17, 15) is 4.79 Å². The molecule has 102 valence electrons. The van der Waals surface area contributed by atoms with E-state index in [-0.39, 0.29) is 5.57 Å². The van der Waals surface area contributed by atoms with Gasteiger partial charge in [0.25, 0.3) is 0 Å². The molecule has 19 heavy (non-hydrogen) atoms. The van der Waals surface area contributed by atoms with Crippen molar-refractivity contribution in [2.75, 3.05) is 14.2 Å². The Hall–Kier alpha value is -2.37. The highest BCUT2D eigenvalue weighted by atomic mass is 16.6. The van der Waals surface area contributed by atoms with E-state index in [1.165, 1.54) is 26.7 Å². The molecule has 0 aliphatic heterocycles. The van der Waals surface area contributed by atoms with Gasteiger partial charge in [-0.1, -0.05) is 5.16 Å². The molecule has 1 aromatic heterocycles. The van der Waals surface area contributed by atoms with Crippen LogP contribution < -0.4 is 4.84 Å². The highest BCUT2D eigenvalue weighted by Gasteiger charge is 2.18. The first-order valence-corrected chi connectivity index (χ1v) is 5.54. The second kappa shape index (κ2) is 7.15. The minimum atomic E-state index is -0.545. The van der Waals surface area contributed by atoms with Crippen LogP contribution >= 0.6 is 0 Å². The number of carbonyl (C=O) groups excluding carboxylic acids is 1. The van der Waals surface area contributed by atoms with Gasteiger partial charge in [-0.2, -0.15) is 0 Å². The predicted molar refractivity (Wildman–Crippen MR) is 70.7 cm³/mol. The topological polar surface area (TPSA) is 70.0 Å². The van der Waals surface area contributed by atoms with Crippen LogP contribution in [0.3, 0.4) is 0 Å². The summed E-state index contributed by atoms with van der Waals surface area (Å²) in [5.41, 5.74) is 1.40. The molecule has 0 saturated heterocycles. The molecule has 0 saturated carbocycles. The summed E-state index contributed by atoms with van der Waals surface area (Å²) in [5, 5.41) is 3.85. The first-order chi connectivity index (χ1) is 9.10. The maximum Gasteiger partial charge on any atom is 0.341 e. The number of pyridine rings is 1. The lowest BCUT2D eigenvalue weighted by Gasteiger charge is -2.09. The van der Waals surface area contributed by atoms with Crippen LogP contribution in [0.1, 0.15) is 19.4 Å². The molecule has 0 unspecified atom stereocenters.